The van der Waals surface area contributed by atoms with E-state index in [9.17, 15) is 4.79 Å². The number of nitrogens with zero attached hydrogens (tertiary/aromatic N) is 2. The van der Waals surface area contributed by atoms with Gasteiger partial charge in [0.25, 0.3) is 5.56 Å². The summed E-state index contributed by atoms with van der Waals surface area (Å²) in [5.74, 6) is 0.861. The number of rotatable bonds is 4. The first-order chi connectivity index (χ1) is 11.9. The van der Waals surface area contributed by atoms with Crippen LogP contribution in [-0.4, -0.2) is 9.55 Å². The lowest BCUT2D eigenvalue weighted by molar-refractivity contribution is 0.823. The van der Waals surface area contributed by atoms with Crippen molar-refractivity contribution in [3.8, 4) is 5.69 Å². The van der Waals surface area contributed by atoms with Gasteiger partial charge in [-0.05, 0) is 42.0 Å². The molecule has 0 saturated heterocycles. The fourth-order valence-electron chi connectivity index (χ4n) is 2.20. The van der Waals surface area contributed by atoms with Gasteiger partial charge in [-0.15, -0.1) is 0 Å². The van der Waals surface area contributed by atoms with Crippen molar-refractivity contribution < 1.29 is 0 Å². The monoisotopic (exact) mass is 411 g/mol. The van der Waals surface area contributed by atoms with Crippen LogP contribution < -0.4 is 11.3 Å². The summed E-state index contributed by atoms with van der Waals surface area (Å²) in [4.78, 5) is 15.9. The second kappa shape index (κ2) is 7.70. The minimum atomic E-state index is -0.389. The van der Waals surface area contributed by atoms with E-state index < -0.39 is 0 Å². The Bertz CT molecular complexity index is 974. The average Bonchev–Trinajstić information content (AvgIpc) is 2.57. The van der Waals surface area contributed by atoms with Crippen LogP contribution in [0.1, 0.15) is 5.56 Å². The van der Waals surface area contributed by atoms with Gasteiger partial charge in [-0.3, -0.25) is 9.36 Å². The van der Waals surface area contributed by atoms with Crippen molar-refractivity contribution in [2.45, 2.75) is 10.9 Å². The molecule has 0 spiro atoms. The van der Waals surface area contributed by atoms with E-state index in [2.05, 4.69) is 4.98 Å². The van der Waals surface area contributed by atoms with E-state index in [0.717, 1.165) is 11.3 Å². The molecule has 25 heavy (non-hydrogen) atoms. The maximum atomic E-state index is 11.8. The third-order valence-electron chi connectivity index (χ3n) is 3.36. The Hall–Kier alpha value is -1.66. The Morgan fingerprint density at radius 3 is 2.40 bits per heavy atom. The molecule has 4 nitrogen and oxygen atoms in total. The van der Waals surface area contributed by atoms with Crippen LogP contribution in [0.3, 0.4) is 0 Å². The molecule has 1 aromatic heterocycles. The Balaban J connectivity index is 1.96. The maximum absolute atomic E-state index is 11.8. The van der Waals surface area contributed by atoms with Crippen LogP contribution in [-0.2, 0) is 5.75 Å². The fraction of sp³-hybridized carbons (Fsp3) is 0.0588. The molecular weight excluding hydrogens is 401 g/mol. The second-order valence-corrected chi connectivity index (χ2v) is 7.34. The largest absolute Gasteiger partial charge is 0.385 e. The zero-order valence-electron chi connectivity index (χ0n) is 12.7. The highest BCUT2D eigenvalue weighted by atomic mass is 35.5. The van der Waals surface area contributed by atoms with Crippen LogP contribution in [0, 0.1) is 0 Å². The molecule has 0 atom stereocenters. The summed E-state index contributed by atoms with van der Waals surface area (Å²) in [6, 6.07) is 13.8. The Morgan fingerprint density at radius 1 is 1.00 bits per heavy atom. The molecule has 8 heteroatoms. The van der Waals surface area contributed by atoms with Gasteiger partial charge in [0.2, 0.25) is 0 Å². The van der Waals surface area contributed by atoms with Gasteiger partial charge < -0.3 is 5.73 Å². The van der Waals surface area contributed by atoms with Crippen LogP contribution in [0.25, 0.3) is 5.69 Å². The first-order valence-corrected chi connectivity index (χ1v) is 9.28. The number of thioether (sulfide) groups is 1. The van der Waals surface area contributed by atoms with E-state index in [-0.39, 0.29) is 5.56 Å². The van der Waals surface area contributed by atoms with E-state index in [1.54, 1.807) is 28.8 Å². The summed E-state index contributed by atoms with van der Waals surface area (Å²) in [5.41, 5.74) is 7.38. The molecule has 0 amide bonds. The number of halogens is 3. The quantitative estimate of drug-likeness (QED) is 0.480. The molecular formula is C17H12Cl3N3OS. The summed E-state index contributed by atoms with van der Waals surface area (Å²) in [6.45, 7) is 0. The van der Waals surface area contributed by atoms with Crippen LogP contribution in [0.15, 0.2) is 58.5 Å². The lowest BCUT2D eigenvalue weighted by Crippen LogP contribution is -2.16. The van der Waals surface area contributed by atoms with Crippen molar-refractivity contribution in [1.82, 2.24) is 9.55 Å². The third kappa shape index (κ3) is 4.30. The van der Waals surface area contributed by atoms with Crippen molar-refractivity contribution in [3.05, 3.63) is 79.5 Å². The number of anilines is 1. The predicted molar refractivity (Wildman–Crippen MR) is 105 cm³/mol. The van der Waals surface area contributed by atoms with Crippen molar-refractivity contribution in [3.63, 3.8) is 0 Å². The van der Waals surface area contributed by atoms with Crippen molar-refractivity contribution in [2.75, 3.05) is 5.73 Å². The SMILES string of the molecule is Nc1cc(=O)nc(SCc2ccc(Cl)c(Cl)c2)n1-c1ccc(Cl)cc1. The van der Waals surface area contributed by atoms with E-state index in [4.69, 9.17) is 40.5 Å². The minimum absolute atomic E-state index is 0.305. The van der Waals surface area contributed by atoms with Gasteiger partial charge in [-0.1, -0.05) is 52.6 Å². The molecule has 0 saturated carbocycles. The number of hydrogen-bond donors (Lipinski definition) is 1. The van der Waals surface area contributed by atoms with Crippen molar-refractivity contribution in [1.29, 1.82) is 0 Å². The summed E-state index contributed by atoms with van der Waals surface area (Å²) < 4.78 is 1.71. The minimum Gasteiger partial charge on any atom is -0.385 e. The maximum Gasteiger partial charge on any atom is 0.275 e. The molecule has 0 unspecified atom stereocenters. The van der Waals surface area contributed by atoms with Crippen LogP contribution in [0.5, 0.6) is 0 Å². The molecule has 3 rings (SSSR count). The van der Waals surface area contributed by atoms with Crippen LogP contribution in [0.2, 0.25) is 15.1 Å². The first kappa shape index (κ1) is 18.1. The third-order valence-corrected chi connectivity index (χ3v) is 5.36. The lowest BCUT2D eigenvalue weighted by atomic mass is 10.2. The smallest absolute Gasteiger partial charge is 0.275 e. The summed E-state index contributed by atoms with van der Waals surface area (Å²) in [6.07, 6.45) is 0. The molecule has 2 aromatic carbocycles. The number of aromatic nitrogens is 2. The predicted octanol–water partition coefficient (Wildman–Crippen LogP) is 5.07. The summed E-state index contributed by atoms with van der Waals surface area (Å²) in [5, 5.41) is 2.07. The van der Waals surface area contributed by atoms with Crippen molar-refractivity contribution in [2.24, 2.45) is 0 Å². The molecule has 0 aliphatic rings. The van der Waals surface area contributed by atoms with Gasteiger partial charge >= 0.3 is 0 Å². The van der Waals surface area contributed by atoms with Crippen LogP contribution in [0.4, 0.5) is 5.82 Å². The Labute approximate surface area is 163 Å². The highest BCUT2D eigenvalue weighted by Crippen LogP contribution is 2.29. The van der Waals surface area contributed by atoms with Gasteiger partial charge in [0, 0.05) is 22.5 Å². The molecule has 0 bridgehead atoms. The van der Waals surface area contributed by atoms with Crippen LogP contribution >= 0.6 is 46.6 Å². The van der Waals surface area contributed by atoms with E-state index in [1.807, 2.05) is 18.2 Å². The highest BCUT2D eigenvalue weighted by molar-refractivity contribution is 7.98. The second-order valence-electron chi connectivity index (χ2n) is 5.15. The summed E-state index contributed by atoms with van der Waals surface area (Å²) >= 11 is 19.3. The summed E-state index contributed by atoms with van der Waals surface area (Å²) in [7, 11) is 0. The molecule has 0 radical (unpaired) electrons. The van der Waals surface area contributed by atoms with Gasteiger partial charge in [-0.2, -0.15) is 4.98 Å². The van der Waals surface area contributed by atoms with E-state index in [0.29, 0.717) is 31.8 Å². The lowest BCUT2D eigenvalue weighted by Gasteiger charge is -2.15. The number of nitrogens with two attached hydrogens (primary N) is 1. The highest BCUT2D eigenvalue weighted by Gasteiger charge is 2.11. The molecule has 0 aliphatic heterocycles. The molecule has 2 N–H and O–H groups in total. The van der Waals surface area contributed by atoms with Crippen molar-refractivity contribution >= 4 is 52.4 Å². The standard InChI is InChI=1S/C17H12Cl3N3OS/c18-11-2-4-12(5-3-11)23-15(21)8-16(24)22-17(23)25-9-10-1-6-13(19)14(20)7-10/h1-8H,9,21H2. The molecule has 128 valence electrons. The molecule has 0 aliphatic carbocycles. The zero-order chi connectivity index (χ0) is 18.0. The molecule has 3 aromatic rings. The Morgan fingerprint density at radius 2 is 1.72 bits per heavy atom. The van der Waals surface area contributed by atoms with Gasteiger partial charge in [-0.25, -0.2) is 0 Å². The molecule has 1 heterocycles. The van der Waals surface area contributed by atoms with E-state index >= 15 is 0 Å². The van der Waals surface area contributed by atoms with E-state index in [1.165, 1.54) is 17.8 Å². The van der Waals surface area contributed by atoms with Gasteiger partial charge in [0.15, 0.2) is 5.16 Å². The zero-order valence-corrected chi connectivity index (χ0v) is 15.8. The van der Waals surface area contributed by atoms with Gasteiger partial charge in [0.05, 0.1) is 10.0 Å². The average molecular weight is 413 g/mol. The number of hydrogen-bond acceptors (Lipinski definition) is 4. The normalized spacial score (nSPS) is 10.8. The molecule has 0 fully saturated rings. The topological polar surface area (TPSA) is 60.9 Å². The number of nitrogen functional groups attached to an aromatic ring is 1. The first-order valence-electron chi connectivity index (χ1n) is 7.16. The Kier molecular flexibility index (Phi) is 5.59. The fourth-order valence-corrected chi connectivity index (χ4v) is 3.62. The van der Waals surface area contributed by atoms with Gasteiger partial charge in [0.1, 0.15) is 5.82 Å². The number of benzene rings is 2.